The molecule has 1 nitrogen and oxygen atoms in total. The lowest BCUT2D eigenvalue weighted by atomic mass is 9.99. The predicted molar refractivity (Wildman–Crippen MR) is 55.8 cm³/mol. The van der Waals surface area contributed by atoms with E-state index < -0.39 is 11.7 Å². The fourth-order valence-electron chi connectivity index (χ4n) is 1.46. The molecular weight excluding hydrogens is 217 g/mol. The normalized spacial score (nSPS) is 12.7. The van der Waals surface area contributed by atoms with Crippen LogP contribution in [0.4, 0.5) is 13.2 Å². The van der Waals surface area contributed by atoms with E-state index in [0.717, 1.165) is 6.07 Å². The molecule has 86 valence electrons. The van der Waals surface area contributed by atoms with Gasteiger partial charge in [0, 0.05) is 0 Å². The first-order chi connectivity index (χ1) is 7.32. The summed E-state index contributed by atoms with van der Waals surface area (Å²) >= 11 is 0. The number of ketones is 1. The molecule has 16 heavy (non-hydrogen) atoms. The van der Waals surface area contributed by atoms with Gasteiger partial charge in [0.25, 0.3) is 0 Å². The third kappa shape index (κ3) is 2.95. The van der Waals surface area contributed by atoms with E-state index in [-0.39, 0.29) is 11.3 Å². The van der Waals surface area contributed by atoms with Gasteiger partial charge in [0.05, 0.1) is 5.56 Å². The third-order valence-corrected chi connectivity index (χ3v) is 2.08. The molecule has 0 aliphatic rings. The number of allylic oxidation sites excluding steroid dienone is 2. The molecular formula is C12H11F3O. The standard InChI is InChI=1S/C12H11F3O/c1-8(7-9(2)16)10-5-3-4-6-11(10)12(13,14)15/h3-7H,1-2H3/b8-7-. The second kappa shape index (κ2) is 4.51. The molecule has 0 amide bonds. The van der Waals surface area contributed by atoms with Crippen molar-refractivity contribution in [2.75, 3.05) is 0 Å². The molecule has 1 aromatic carbocycles. The highest BCUT2D eigenvalue weighted by atomic mass is 19.4. The number of benzene rings is 1. The zero-order chi connectivity index (χ0) is 12.3. The van der Waals surface area contributed by atoms with E-state index in [1.807, 2.05) is 0 Å². The van der Waals surface area contributed by atoms with Gasteiger partial charge in [0.1, 0.15) is 0 Å². The van der Waals surface area contributed by atoms with E-state index in [1.165, 1.54) is 38.1 Å². The summed E-state index contributed by atoms with van der Waals surface area (Å²) in [5.41, 5.74) is -0.351. The van der Waals surface area contributed by atoms with E-state index in [4.69, 9.17) is 0 Å². The molecule has 1 rings (SSSR count). The molecule has 0 aliphatic carbocycles. The number of hydrogen-bond acceptors (Lipinski definition) is 1. The maximum Gasteiger partial charge on any atom is 0.416 e. The minimum Gasteiger partial charge on any atom is -0.295 e. The molecule has 0 spiro atoms. The van der Waals surface area contributed by atoms with Gasteiger partial charge >= 0.3 is 6.18 Å². The highest BCUT2D eigenvalue weighted by Gasteiger charge is 2.33. The third-order valence-electron chi connectivity index (χ3n) is 2.08. The van der Waals surface area contributed by atoms with Crippen LogP contribution in [0, 0.1) is 0 Å². The molecule has 1 aromatic rings. The van der Waals surface area contributed by atoms with Crippen LogP contribution >= 0.6 is 0 Å². The maximum atomic E-state index is 12.6. The molecule has 0 saturated carbocycles. The Balaban J connectivity index is 3.29. The molecule has 0 aliphatic heterocycles. The van der Waals surface area contributed by atoms with Crippen molar-refractivity contribution in [3.63, 3.8) is 0 Å². The lowest BCUT2D eigenvalue weighted by Gasteiger charge is -2.12. The zero-order valence-corrected chi connectivity index (χ0v) is 8.93. The Labute approximate surface area is 91.6 Å². The van der Waals surface area contributed by atoms with E-state index in [9.17, 15) is 18.0 Å². The highest BCUT2D eigenvalue weighted by molar-refractivity contribution is 5.95. The van der Waals surface area contributed by atoms with E-state index in [2.05, 4.69) is 0 Å². The van der Waals surface area contributed by atoms with Crippen molar-refractivity contribution in [1.29, 1.82) is 0 Å². The first-order valence-corrected chi connectivity index (χ1v) is 4.68. The van der Waals surface area contributed by atoms with Crippen LogP contribution in [-0.2, 0) is 11.0 Å². The highest BCUT2D eigenvalue weighted by Crippen LogP contribution is 2.34. The number of carbonyl (C=O) groups excluding carboxylic acids is 1. The molecule has 0 heterocycles. The Bertz CT molecular complexity index is 430. The molecule has 4 heteroatoms. The zero-order valence-electron chi connectivity index (χ0n) is 8.93. The van der Waals surface area contributed by atoms with Crippen LogP contribution in [0.25, 0.3) is 5.57 Å². The van der Waals surface area contributed by atoms with Crippen LogP contribution in [0.3, 0.4) is 0 Å². The monoisotopic (exact) mass is 228 g/mol. The van der Waals surface area contributed by atoms with Crippen LogP contribution in [0.2, 0.25) is 0 Å². The van der Waals surface area contributed by atoms with Gasteiger partial charge < -0.3 is 0 Å². The summed E-state index contributed by atoms with van der Waals surface area (Å²) in [6.45, 7) is 2.80. The number of alkyl halides is 3. The largest absolute Gasteiger partial charge is 0.416 e. The molecule has 0 aromatic heterocycles. The van der Waals surface area contributed by atoms with Gasteiger partial charge in [-0.1, -0.05) is 18.2 Å². The van der Waals surface area contributed by atoms with Crippen molar-refractivity contribution < 1.29 is 18.0 Å². The summed E-state index contributed by atoms with van der Waals surface area (Å²) < 4.78 is 37.9. The van der Waals surface area contributed by atoms with Crippen molar-refractivity contribution in [2.45, 2.75) is 20.0 Å². The average molecular weight is 228 g/mol. The average Bonchev–Trinajstić information content (AvgIpc) is 2.15. The Morgan fingerprint density at radius 3 is 2.25 bits per heavy atom. The smallest absolute Gasteiger partial charge is 0.295 e. The minimum absolute atomic E-state index is 0.0465. The molecule has 0 saturated heterocycles. The van der Waals surface area contributed by atoms with Crippen molar-refractivity contribution >= 4 is 11.4 Å². The topological polar surface area (TPSA) is 17.1 Å². The number of hydrogen-bond donors (Lipinski definition) is 0. The summed E-state index contributed by atoms with van der Waals surface area (Å²) in [7, 11) is 0. The first kappa shape index (κ1) is 12.5. The summed E-state index contributed by atoms with van der Waals surface area (Å²) in [4.78, 5) is 10.8. The van der Waals surface area contributed by atoms with Gasteiger partial charge in [0.15, 0.2) is 5.78 Å². The summed E-state index contributed by atoms with van der Waals surface area (Å²) in [6, 6.07) is 5.21. The summed E-state index contributed by atoms with van der Waals surface area (Å²) in [5, 5.41) is 0. The Morgan fingerprint density at radius 2 is 1.75 bits per heavy atom. The van der Waals surface area contributed by atoms with Crippen molar-refractivity contribution in [3.05, 3.63) is 41.5 Å². The molecule has 0 radical (unpaired) electrons. The minimum atomic E-state index is -4.40. The number of carbonyl (C=O) groups is 1. The fourth-order valence-corrected chi connectivity index (χ4v) is 1.46. The second-order valence-electron chi connectivity index (χ2n) is 3.48. The SMILES string of the molecule is CC(=O)/C=C(/C)c1ccccc1C(F)(F)F. The van der Waals surface area contributed by atoms with Crippen molar-refractivity contribution in [3.8, 4) is 0 Å². The van der Waals surface area contributed by atoms with Gasteiger partial charge in [-0.3, -0.25) is 4.79 Å². The number of halogens is 3. The Morgan fingerprint density at radius 1 is 1.19 bits per heavy atom. The van der Waals surface area contributed by atoms with Crippen molar-refractivity contribution in [1.82, 2.24) is 0 Å². The fraction of sp³-hybridized carbons (Fsp3) is 0.250. The summed E-state index contributed by atoms with van der Waals surface area (Å²) in [5.74, 6) is -0.269. The van der Waals surface area contributed by atoms with Gasteiger partial charge in [-0.15, -0.1) is 0 Å². The predicted octanol–water partition coefficient (Wildman–Crippen LogP) is 3.70. The van der Waals surface area contributed by atoms with Gasteiger partial charge in [-0.05, 0) is 37.1 Å². The summed E-state index contributed by atoms with van der Waals surface area (Å²) in [6.07, 6.45) is -3.20. The second-order valence-corrected chi connectivity index (χ2v) is 3.48. The quantitative estimate of drug-likeness (QED) is 0.705. The molecule has 0 atom stereocenters. The number of rotatable bonds is 2. The molecule has 0 bridgehead atoms. The van der Waals surface area contributed by atoms with E-state index >= 15 is 0 Å². The van der Waals surface area contributed by atoms with Crippen LogP contribution in [-0.4, -0.2) is 5.78 Å². The van der Waals surface area contributed by atoms with E-state index in [0.29, 0.717) is 5.57 Å². The van der Waals surface area contributed by atoms with Crippen LogP contribution in [0.15, 0.2) is 30.3 Å². The van der Waals surface area contributed by atoms with Crippen molar-refractivity contribution in [2.24, 2.45) is 0 Å². The van der Waals surface area contributed by atoms with Gasteiger partial charge in [-0.2, -0.15) is 13.2 Å². The Hall–Kier alpha value is -1.58. The van der Waals surface area contributed by atoms with Gasteiger partial charge in [0.2, 0.25) is 0 Å². The first-order valence-electron chi connectivity index (χ1n) is 4.68. The van der Waals surface area contributed by atoms with Crippen LogP contribution < -0.4 is 0 Å². The lowest BCUT2D eigenvalue weighted by Crippen LogP contribution is -2.08. The molecule has 0 fully saturated rings. The van der Waals surface area contributed by atoms with E-state index in [1.54, 1.807) is 0 Å². The Kier molecular flexibility index (Phi) is 3.52. The van der Waals surface area contributed by atoms with Gasteiger partial charge in [-0.25, -0.2) is 0 Å². The maximum absolute atomic E-state index is 12.6. The molecule has 0 N–H and O–H groups in total. The lowest BCUT2D eigenvalue weighted by molar-refractivity contribution is -0.137. The van der Waals surface area contributed by atoms with Crippen LogP contribution in [0.5, 0.6) is 0 Å². The van der Waals surface area contributed by atoms with Crippen LogP contribution in [0.1, 0.15) is 25.0 Å². The molecule has 0 unspecified atom stereocenters.